The molecule has 3 unspecified atom stereocenters. The van der Waals surface area contributed by atoms with E-state index in [-0.39, 0.29) is 113 Å². The number of esters is 1. The number of unbranched alkanes of at least 4 members (excludes halogenated alkanes) is 10. The highest BCUT2D eigenvalue weighted by Gasteiger charge is 2.46. The van der Waals surface area contributed by atoms with Crippen LogP contribution in [0.2, 0.25) is 5.02 Å². The molecule has 0 spiro atoms. The number of carbonyl (C=O) groups is 7. The van der Waals surface area contributed by atoms with E-state index in [4.69, 9.17) is 40.3 Å². The number of aryl methyl sites for hydroxylation is 1. The summed E-state index contributed by atoms with van der Waals surface area (Å²) in [5, 5.41) is 18.0. The molecule has 0 bridgehead atoms. The number of aromatic nitrogens is 3. The molecule has 0 radical (unpaired) electrons. The standard InChI is InChI=1S/C65H84ClN9O12S/c1-42-43(2)88-63-56(42)58(45-22-24-46(66)25-23-45)69-51(59-72-71-44(3)74(59)63)41-54(77)68-47-26-28-48(29-27-47)85-40-39-84-38-34-73(64(82)86-35-17-15-13-11-9-7-8-10-12-14-16-21-55(78)87-65(4,5)6)33-37-83-36-32-67-50-20-18-19-49-57(50)62(81)75(61(49)80)52-30-31-53(76)70-60(52)79/h18-20,22-29,51-52,56,63,67H,7-17,21,30-41H2,1-6H3,(H,68,77)(H,70,76,79)/t51-,52?,56?,63?/m0/s1. The first-order valence-electron chi connectivity index (χ1n) is 30.9. The monoisotopic (exact) mass is 1250 g/mol. The van der Waals surface area contributed by atoms with Gasteiger partial charge in [-0.1, -0.05) is 93.2 Å². The number of aliphatic imine (C=N–C) groups is 1. The number of anilines is 2. The Hall–Kier alpha value is -7.14. The van der Waals surface area contributed by atoms with Crippen molar-refractivity contribution in [2.45, 2.75) is 161 Å². The Balaban J connectivity index is 0.761. The number of benzene rings is 3. The maximum Gasteiger partial charge on any atom is 0.409 e. The van der Waals surface area contributed by atoms with Crippen LogP contribution in [0, 0.1) is 12.8 Å². The number of hydrogen-bond donors (Lipinski definition) is 3. The number of imide groups is 2. The normalized spacial score (nSPS) is 18.1. The zero-order chi connectivity index (χ0) is 62.7. The summed E-state index contributed by atoms with van der Waals surface area (Å²) in [5.74, 6) is -0.733. The third kappa shape index (κ3) is 18.5. The first-order chi connectivity index (χ1) is 42.4. The number of ether oxygens (including phenoxy) is 5. The molecule has 3 N–H and O–H groups in total. The molecule has 1 fully saturated rings. The Kier molecular flexibility index (Phi) is 24.6. The van der Waals surface area contributed by atoms with Gasteiger partial charge < -0.3 is 39.2 Å². The summed E-state index contributed by atoms with van der Waals surface area (Å²) in [7, 11) is 0. The Morgan fingerprint density at radius 1 is 0.773 bits per heavy atom. The molecule has 8 rings (SSSR count). The third-order valence-corrected chi connectivity index (χ3v) is 17.4. The SMILES string of the molecule is CC1=C(C)C2C(c3ccc(Cl)cc3)=N[C@@H](CC(=O)Nc3ccc(OCCOCCN(CCOCCNc4cccc5c4C(=O)N(C4CCC(=O)NC4=O)C5=O)C(=O)OCCCCCCCCCCCCCC(=O)OC(C)(C)C)cc3)c3nnc(C)n3C2S1. The highest BCUT2D eigenvalue weighted by atomic mass is 35.5. The van der Waals surface area contributed by atoms with Crippen molar-refractivity contribution in [1.29, 1.82) is 0 Å². The van der Waals surface area contributed by atoms with Gasteiger partial charge in [-0.2, -0.15) is 0 Å². The zero-order valence-electron chi connectivity index (χ0n) is 51.5. The van der Waals surface area contributed by atoms with Crippen LogP contribution in [-0.2, 0) is 38.1 Å². The van der Waals surface area contributed by atoms with Crippen LogP contribution in [-0.4, -0.2) is 143 Å². The lowest BCUT2D eigenvalue weighted by atomic mass is 9.90. The van der Waals surface area contributed by atoms with Gasteiger partial charge in [0.15, 0.2) is 5.82 Å². The third-order valence-electron chi connectivity index (χ3n) is 15.8. The lowest BCUT2D eigenvalue weighted by molar-refractivity contribution is -0.155. The van der Waals surface area contributed by atoms with Crippen molar-refractivity contribution >= 4 is 82.0 Å². The number of halogens is 1. The summed E-state index contributed by atoms with van der Waals surface area (Å²) in [6.45, 7) is 13.9. The van der Waals surface area contributed by atoms with Crippen LogP contribution >= 0.6 is 23.4 Å². The van der Waals surface area contributed by atoms with Gasteiger partial charge in [0.05, 0.1) is 67.6 Å². The van der Waals surface area contributed by atoms with Crippen molar-refractivity contribution in [3.8, 4) is 5.75 Å². The van der Waals surface area contributed by atoms with Crippen molar-refractivity contribution in [2.24, 2.45) is 10.9 Å². The molecule has 21 nitrogen and oxygen atoms in total. The summed E-state index contributed by atoms with van der Waals surface area (Å²) in [4.78, 5) is 99.3. The van der Waals surface area contributed by atoms with Gasteiger partial charge in [0.2, 0.25) is 17.7 Å². The van der Waals surface area contributed by atoms with Gasteiger partial charge in [0.25, 0.3) is 11.8 Å². The molecule has 4 atom stereocenters. The topological polar surface area (TPSA) is 251 Å². The first kappa shape index (κ1) is 66.8. The average molecular weight is 1250 g/mol. The van der Waals surface area contributed by atoms with Gasteiger partial charge >= 0.3 is 12.1 Å². The van der Waals surface area contributed by atoms with Gasteiger partial charge in [-0.25, -0.2) is 4.79 Å². The quantitative estimate of drug-likeness (QED) is 0.0228. The number of hydrogen-bond acceptors (Lipinski definition) is 17. The molecular formula is C65H84ClN9O12S. The second-order valence-electron chi connectivity index (χ2n) is 23.5. The summed E-state index contributed by atoms with van der Waals surface area (Å²) in [6.07, 6.45) is 11.7. The van der Waals surface area contributed by atoms with E-state index in [2.05, 4.69) is 44.6 Å². The van der Waals surface area contributed by atoms with E-state index in [0.29, 0.717) is 34.4 Å². The van der Waals surface area contributed by atoms with E-state index in [9.17, 15) is 33.6 Å². The van der Waals surface area contributed by atoms with Crippen molar-refractivity contribution in [1.82, 2.24) is 29.9 Å². The maximum absolute atomic E-state index is 13.8. The van der Waals surface area contributed by atoms with Crippen LogP contribution in [0.1, 0.15) is 180 Å². The van der Waals surface area contributed by atoms with Gasteiger partial charge in [0.1, 0.15) is 35.9 Å². The Bertz CT molecular complexity index is 3160. The minimum absolute atomic E-state index is 0.0239. The number of thioether (sulfide) groups is 1. The summed E-state index contributed by atoms with van der Waals surface area (Å²) < 4.78 is 31.1. The van der Waals surface area contributed by atoms with Gasteiger partial charge in [-0.15, -0.1) is 22.0 Å². The van der Waals surface area contributed by atoms with Gasteiger partial charge in [0, 0.05) is 48.9 Å². The lowest BCUT2D eigenvalue weighted by Gasteiger charge is -2.27. The smallest absolute Gasteiger partial charge is 0.409 e. The molecule has 23 heteroatoms. The van der Waals surface area contributed by atoms with E-state index < -0.39 is 47.4 Å². The molecule has 4 aliphatic heterocycles. The number of amides is 6. The molecule has 1 aromatic heterocycles. The van der Waals surface area contributed by atoms with Crippen LogP contribution in [0.15, 0.2) is 82.2 Å². The van der Waals surface area contributed by atoms with E-state index in [1.54, 1.807) is 53.1 Å². The molecule has 3 aromatic carbocycles. The fourth-order valence-electron chi connectivity index (χ4n) is 11.2. The minimum atomic E-state index is -1.07. The lowest BCUT2D eigenvalue weighted by Crippen LogP contribution is -2.54. The number of fused-ring (bicyclic) bond motifs is 4. The summed E-state index contributed by atoms with van der Waals surface area (Å²) in [5.41, 5.74) is 3.94. The van der Waals surface area contributed by atoms with Crippen LogP contribution in [0.5, 0.6) is 5.75 Å². The Morgan fingerprint density at radius 2 is 1.44 bits per heavy atom. The molecule has 6 amide bonds. The maximum atomic E-state index is 13.8. The fourth-order valence-corrected chi connectivity index (χ4v) is 12.8. The number of allylic oxidation sites excluding steroid dienone is 2. The predicted octanol–water partition coefficient (Wildman–Crippen LogP) is 11.4. The molecule has 474 valence electrons. The second kappa shape index (κ2) is 32.4. The van der Waals surface area contributed by atoms with Crippen LogP contribution in [0.25, 0.3) is 0 Å². The molecule has 0 saturated carbocycles. The average Bonchev–Trinajstić information content (AvgIpc) is 1.75. The molecule has 4 aromatic rings. The summed E-state index contributed by atoms with van der Waals surface area (Å²) >= 11 is 8.06. The van der Waals surface area contributed by atoms with Crippen LogP contribution in [0.3, 0.4) is 0 Å². The largest absolute Gasteiger partial charge is 0.491 e. The number of rotatable bonds is 33. The summed E-state index contributed by atoms with van der Waals surface area (Å²) in [6, 6.07) is 18.0. The molecule has 0 aliphatic carbocycles. The molecule has 1 saturated heterocycles. The molecule has 5 heterocycles. The van der Waals surface area contributed by atoms with E-state index in [1.807, 2.05) is 52.0 Å². The minimum Gasteiger partial charge on any atom is -0.491 e. The predicted molar refractivity (Wildman–Crippen MR) is 337 cm³/mol. The number of piperidine rings is 1. The molecular weight excluding hydrogens is 1170 g/mol. The number of carbonyl (C=O) groups excluding carboxylic acids is 7. The Morgan fingerprint density at radius 3 is 2.12 bits per heavy atom. The van der Waals surface area contributed by atoms with Crippen molar-refractivity contribution < 1.29 is 57.2 Å². The number of nitrogens with one attached hydrogen (secondary N) is 3. The van der Waals surface area contributed by atoms with Crippen molar-refractivity contribution in [3.63, 3.8) is 0 Å². The van der Waals surface area contributed by atoms with Gasteiger partial charge in [-0.05, 0) is 120 Å². The van der Waals surface area contributed by atoms with E-state index >= 15 is 0 Å². The van der Waals surface area contributed by atoms with E-state index in [0.717, 1.165) is 79.8 Å². The van der Waals surface area contributed by atoms with Gasteiger partial charge in [-0.3, -0.25) is 48.5 Å². The second-order valence-corrected chi connectivity index (χ2v) is 25.3. The highest BCUT2D eigenvalue weighted by Crippen LogP contribution is 2.53. The highest BCUT2D eigenvalue weighted by molar-refractivity contribution is 8.03. The molecule has 88 heavy (non-hydrogen) atoms. The first-order valence-corrected chi connectivity index (χ1v) is 32.1. The van der Waals surface area contributed by atoms with Crippen LogP contribution < -0.4 is 20.7 Å². The van der Waals surface area contributed by atoms with Crippen molar-refractivity contribution in [3.05, 3.63) is 111 Å². The van der Waals surface area contributed by atoms with Crippen molar-refractivity contribution in [2.75, 3.05) is 69.9 Å². The fraction of sp³-hybridized carbons (Fsp3) is 0.538. The molecule has 4 aliphatic rings. The number of nitrogens with zero attached hydrogens (tertiary/aromatic N) is 6. The van der Waals surface area contributed by atoms with Crippen LogP contribution in [0.4, 0.5) is 16.2 Å². The Labute approximate surface area is 524 Å². The zero-order valence-corrected chi connectivity index (χ0v) is 53.1. The van der Waals surface area contributed by atoms with E-state index in [1.165, 1.54) is 29.4 Å².